The summed E-state index contributed by atoms with van der Waals surface area (Å²) in [5.74, 6) is 10.1. The van der Waals surface area contributed by atoms with Crippen LogP contribution in [0.3, 0.4) is 0 Å². The number of aryl methyl sites for hydroxylation is 1. The molecule has 0 radical (unpaired) electrons. The Morgan fingerprint density at radius 2 is 1.81 bits per heavy atom. The Labute approximate surface area is 251 Å². The van der Waals surface area contributed by atoms with E-state index < -0.39 is 0 Å². The average Bonchev–Trinajstić information content (AvgIpc) is 3.31. The molecule has 2 aromatic carbocycles. The molecule has 0 spiro atoms. The molecule has 9 nitrogen and oxygen atoms in total. The number of fused-ring (bicyclic) bond motifs is 2. The highest BCUT2D eigenvalue weighted by Crippen LogP contribution is 2.51. The van der Waals surface area contributed by atoms with Gasteiger partial charge in [0.25, 0.3) is 0 Å². The van der Waals surface area contributed by atoms with Crippen molar-refractivity contribution in [3.63, 3.8) is 0 Å². The average molecular weight is 577 g/mol. The van der Waals surface area contributed by atoms with Gasteiger partial charge in [0, 0.05) is 57.9 Å². The topological polar surface area (TPSA) is 98.7 Å². The number of hydrogen-bond donors (Lipinski definition) is 1. The maximum absolute atomic E-state index is 12.7. The summed E-state index contributed by atoms with van der Waals surface area (Å²) >= 11 is 0. The van der Waals surface area contributed by atoms with Crippen molar-refractivity contribution in [2.75, 3.05) is 52.7 Å². The van der Waals surface area contributed by atoms with Crippen LogP contribution in [0.4, 0.5) is 5.82 Å². The Hall–Kier alpha value is -4.65. The molecule has 43 heavy (non-hydrogen) atoms. The predicted molar refractivity (Wildman–Crippen MR) is 167 cm³/mol. The first-order valence-electron chi connectivity index (χ1n) is 14.5. The summed E-state index contributed by atoms with van der Waals surface area (Å²) < 4.78 is 13.1. The largest absolute Gasteiger partial charge is 0.457 e. The number of nitrogens with two attached hydrogens (primary N) is 1. The van der Waals surface area contributed by atoms with Gasteiger partial charge in [0.1, 0.15) is 35.0 Å². The summed E-state index contributed by atoms with van der Waals surface area (Å²) in [6.07, 6.45) is 5.10. The number of ether oxygens (including phenoxy) is 2. The number of hydrogen-bond acceptors (Lipinski definition) is 7. The minimum absolute atomic E-state index is 0.0729. The molecule has 2 aliphatic rings. The molecule has 1 saturated heterocycles. The number of likely N-dealkylation sites (tertiary alicyclic amines) is 1. The van der Waals surface area contributed by atoms with Gasteiger partial charge in [-0.05, 0) is 54.6 Å². The van der Waals surface area contributed by atoms with Crippen molar-refractivity contribution >= 4 is 22.8 Å². The van der Waals surface area contributed by atoms with E-state index in [0.29, 0.717) is 24.3 Å². The van der Waals surface area contributed by atoms with E-state index in [1.165, 1.54) is 6.33 Å². The number of para-hydroxylation sites is 1. The Balaban J connectivity index is 1.18. The zero-order valence-corrected chi connectivity index (χ0v) is 24.7. The maximum Gasteiger partial charge on any atom is 0.246 e. The van der Waals surface area contributed by atoms with Crippen LogP contribution in [0.5, 0.6) is 11.5 Å². The number of nitrogens with zero attached hydrogens (tertiary/aromatic N) is 5. The smallest absolute Gasteiger partial charge is 0.246 e. The Bertz CT molecular complexity index is 1690. The Morgan fingerprint density at radius 1 is 1.09 bits per heavy atom. The SMILES string of the molecule is COCCN(C)C/C=C/C(=O)N1C[C@@H]2C(C#Cc3c(-c4ccc(Oc5ccccc5)cc4)c4c(N)ncnc4n3C)[C@@H]2C1. The van der Waals surface area contributed by atoms with Gasteiger partial charge in [-0.15, -0.1) is 0 Å². The second kappa shape index (κ2) is 12.3. The third kappa shape index (κ3) is 5.98. The normalized spacial score (nSPS) is 19.1. The molecule has 3 heterocycles. The molecule has 1 saturated carbocycles. The minimum Gasteiger partial charge on any atom is -0.457 e. The van der Waals surface area contributed by atoms with Crippen molar-refractivity contribution in [2.24, 2.45) is 24.8 Å². The number of carbonyl (C=O) groups excluding carboxylic acids is 1. The van der Waals surface area contributed by atoms with Gasteiger partial charge in [-0.1, -0.05) is 42.3 Å². The van der Waals surface area contributed by atoms with Gasteiger partial charge < -0.3 is 29.6 Å². The van der Waals surface area contributed by atoms with Crippen LogP contribution in [0.2, 0.25) is 0 Å². The van der Waals surface area contributed by atoms with E-state index in [0.717, 1.165) is 65.5 Å². The number of carbonyl (C=O) groups is 1. The highest BCUT2D eigenvalue weighted by atomic mass is 16.5. The number of benzene rings is 2. The summed E-state index contributed by atoms with van der Waals surface area (Å²) in [4.78, 5) is 25.6. The van der Waals surface area contributed by atoms with Crippen LogP contribution < -0.4 is 10.5 Å². The van der Waals surface area contributed by atoms with Gasteiger partial charge in [0.05, 0.1) is 12.0 Å². The Morgan fingerprint density at radius 3 is 2.53 bits per heavy atom. The summed E-state index contributed by atoms with van der Waals surface area (Å²) in [5.41, 5.74) is 9.84. The van der Waals surface area contributed by atoms with Crippen LogP contribution in [0.1, 0.15) is 5.69 Å². The highest BCUT2D eigenvalue weighted by molar-refractivity contribution is 6.03. The zero-order chi connectivity index (χ0) is 29.9. The van der Waals surface area contributed by atoms with Crippen molar-refractivity contribution < 1.29 is 14.3 Å². The van der Waals surface area contributed by atoms with E-state index in [1.54, 1.807) is 13.2 Å². The molecule has 2 N–H and O–H groups in total. The van der Waals surface area contributed by atoms with E-state index in [-0.39, 0.29) is 11.8 Å². The van der Waals surface area contributed by atoms with Crippen LogP contribution in [0.25, 0.3) is 22.2 Å². The molecule has 1 amide bonds. The number of anilines is 1. The van der Waals surface area contributed by atoms with E-state index >= 15 is 0 Å². The quantitative estimate of drug-likeness (QED) is 0.236. The van der Waals surface area contributed by atoms with Crippen molar-refractivity contribution in [1.82, 2.24) is 24.3 Å². The first-order chi connectivity index (χ1) is 20.9. The summed E-state index contributed by atoms with van der Waals surface area (Å²) in [6, 6.07) is 17.6. The predicted octanol–water partition coefficient (Wildman–Crippen LogP) is 4.20. The highest BCUT2D eigenvalue weighted by Gasteiger charge is 2.55. The molecule has 1 aliphatic heterocycles. The van der Waals surface area contributed by atoms with Gasteiger partial charge in [0.2, 0.25) is 5.91 Å². The summed E-state index contributed by atoms with van der Waals surface area (Å²) in [7, 11) is 5.67. The molecule has 3 atom stereocenters. The summed E-state index contributed by atoms with van der Waals surface area (Å²) in [6.45, 7) is 3.71. The number of methoxy groups -OCH3 is 1. The molecule has 1 aliphatic carbocycles. The molecule has 220 valence electrons. The van der Waals surface area contributed by atoms with E-state index in [1.807, 2.05) is 84.2 Å². The van der Waals surface area contributed by atoms with Gasteiger partial charge >= 0.3 is 0 Å². The third-order valence-corrected chi connectivity index (χ3v) is 8.34. The van der Waals surface area contributed by atoms with Crippen molar-refractivity contribution in [2.45, 2.75) is 0 Å². The number of piperidine rings is 1. The molecule has 2 fully saturated rings. The lowest BCUT2D eigenvalue weighted by Gasteiger charge is -2.17. The van der Waals surface area contributed by atoms with Crippen molar-refractivity contribution in [3.8, 4) is 34.5 Å². The molecule has 4 aromatic rings. The van der Waals surface area contributed by atoms with Gasteiger partial charge in [-0.3, -0.25) is 4.79 Å². The van der Waals surface area contributed by atoms with Crippen LogP contribution in [0, 0.1) is 29.6 Å². The van der Waals surface area contributed by atoms with Gasteiger partial charge in [0.15, 0.2) is 0 Å². The second-order valence-corrected chi connectivity index (χ2v) is 11.2. The fourth-order valence-electron chi connectivity index (χ4n) is 5.87. The number of rotatable bonds is 9. The van der Waals surface area contributed by atoms with E-state index in [9.17, 15) is 4.79 Å². The number of aromatic nitrogens is 3. The maximum atomic E-state index is 12.7. The molecular weight excluding hydrogens is 540 g/mol. The Kier molecular flexibility index (Phi) is 8.14. The van der Waals surface area contributed by atoms with Crippen LogP contribution in [-0.2, 0) is 16.6 Å². The molecule has 2 aromatic heterocycles. The van der Waals surface area contributed by atoms with E-state index in [4.69, 9.17) is 15.2 Å². The van der Waals surface area contributed by atoms with E-state index in [2.05, 4.69) is 26.7 Å². The number of amides is 1. The van der Waals surface area contributed by atoms with Crippen molar-refractivity contribution in [3.05, 3.63) is 78.8 Å². The molecule has 0 bridgehead atoms. The van der Waals surface area contributed by atoms with Crippen LogP contribution in [-0.4, -0.2) is 77.2 Å². The first kappa shape index (κ1) is 28.5. The fraction of sp³-hybridized carbons (Fsp3) is 0.324. The summed E-state index contributed by atoms with van der Waals surface area (Å²) in [5, 5.41) is 0.790. The van der Waals surface area contributed by atoms with Gasteiger partial charge in [-0.25, -0.2) is 9.97 Å². The second-order valence-electron chi connectivity index (χ2n) is 11.2. The lowest BCUT2D eigenvalue weighted by atomic mass is 10.0. The van der Waals surface area contributed by atoms with Crippen molar-refractivity contribution in [1.29, 1.82) is 0 Å². The molecule has 6 rings (SSSR count). The monoisotopic (exact) mass is 576 g/mol. The zero-order valence-electron chi connectivity index (χ0n) is 24.7. The number of nitrogen functional groups attached to an aromatic ring is 1. The molecule has 1 unspecified atom stereocenters. The van der Waals surface area contributed by atoms with Crippen LogP contribution >= 0.6 is 0 Å². The molecular formula is C34H36N6O3. The standard InChI is InChI=1S/C34H36N6O3/c1-38(18-19-42-3)17-7-10-30(41)40-20-27-26(28(27)21-40)15-16-29-31(32-33(35)36-22-37-34(32)39(29)2)23-11-13-25(14-12-23)43-24-8-5-4-6-9-24/h4-14,22,26-28H,17-21H2,1-3H3,(H2,35,36,37)/b10-7+/t26?,27-,28+. The van der Waals surface area contributed by atoms with Crippen LogP contribution in [0.15, 0.2) is 73.1 Å². The molecule has 9 heteroatoms. The number of likely N-dealkylation sites (N-methyl/N-ethyl adjacent to an activating group) is 1. The third-order valence-electron chi connectivity index (χ3n) is 8.34. The first-order valence-corrected chi connectivity index (χ1v) is 14.5. The van der Waals surface area contributed by atoms with Gasteiger partial charge in [-0.2, -0.15) is 0 Å². The lowest BCUT2D eigenvalue weighted by Crippen LogP contribution is -2.30. The lowest BCUT2D eigenvalue weighted by molar-refractivity contribution is -0.125. The fourth-order valence-corrected chi connectivity index (χ4v) is 5.87. The minimum atomic E-state index is 0.0729.